The third-order valence-corrected chi connectivity index (χ3v) is 8.89. The molecule has 0 atom stereocenters. The summed E-state index contributed by atoms with van der Waals surface area (Å²) < 4.78 is 36.7. The fourth-order valence-electron chi connectivity index (χ4n) is 4.41. The predicted molar refractivity (Wildman–Crippen MR) is 157 cm³/mol. The molecule has 0 radical (unpaired) electrons. The van der Waals surface area contributed by atoms with Gasteiger partial charge in [-0.3, -0.25) is 4.57 Å². The molecule has 0 aliphatic rings. The maximum atomic E-state index is 13.9. The maximum absolute atomic E-state index is 13.9. The van der Waals surface area contributed by atoms with Crippen LogP contribution in [0.5, 0.6) is 5.75 Å². The monoisotopic (exact) mass is 555 g/mol. The van der Waals surface area contributed by atoms with E-state index in [2.05, 4.69) is 9.55 Å². The summed E-state index contributed by atoms with van der Waals surface area (Å²) >= 11 is 1.55. The van der Waals surface area contributed by atoms with Gasteiger partial charge in [-0.25, -0.2) is 13.4 Å². The van der Waals surface area contributed by atoms with Crippen LogP contribution in [-0.4, -0.2) is 35.6 Å². The first-order valence-electron chi connectivity index (χ1n) is 12.4. The number of thioether (sulfide) groups is 1. The zero-order valence-corrected chi connectivity index (χ0v) is 23.4. The fraction of sp³-hybridized carbons (Fsp3) is 0.129. The van der Waals surface area contributed by atoms with Gasteiger partial charge in [-0.1, -0.05) is 84.6 Å². The molecule has 5 aromatic rings. The Morgan fingerprint density at radius 3 is 1.87 bits per heavy atom. The molecule has 0 spiro atoms. The minimum absolute atomic E-state index is 0.249. The molecule has 39 heavy (non-hydrogen) atoms. The van der Waals surface area contributed by atoms with E-state index in [0.717, 1.165) is 39.0 Å². The molecule has 5 rings (SSSR count). The highest BCUT2D eigenvalue weighted by Gasteiger charge is 2.25. The molecule has 0 unspecified atom stereocenters. The molecule has 1 heterocycles. The Kier molecular flexibility index (Phi) is 8.16. The molecule has 0 saturated carbocycles. The van der Waals surface area contributed by atoms with E-state index >= 15 is 0 Å². The van der Waals surface area contributed by atoms with Crippen molar-refractivity contribution in [3.8, 4) is 22.7 Å². The lowest BCUT2D eigenvalue weighted by Gasteiger charge is -2.23. The van der Waals surface area contributed by atoms with Crippen molar-refractivity contribution in [1.82, 2.24) is 13.9 Å². The number of aromatic nitrogens is 2. The zero-order valence-electron chi connectivity index (χ0n) is 21.8. The Balaban J connectivity index is 1.48. The highest BCUT2D eigenvalue weighted by Crippen LogP contribution is 2.31. The minimum atomic E-state index is -3.77. The molecule has 0 aliphatic heterocycles. The van der Waals surface area contributed by atoms with E-state index in [1.54, 1.807) is 31.0 Å². The van der Waals surface area contributed by atoms with Crippen molar-refractivity contribution in [2.45, 2.75) is 23.1 Å². The number of benzene rings is 4. The number of hydrogen-bond acceptors (Lipinski definition) is 5. The van der Waals surface area contributed by atoms with Crippen molar-refractivity contribution in [3.05, 3.63) is 127 Å². The average molecular weight is 556 g/mol. The number of rotatable bonds is 10. The largest absolute Gasteiger partial charge is 0.497 e. The third-order valence-electron chi connectivity index (χ3n) is 6.43. The molecule has 198 valence electrons. The van der Waals surface area contributed by atoms with Gasteiger partial charge in [0.25, 0.3) is 0 Å². The van der Waals surface area contributed by atoms with Crippen LogP contribution in [0.3, 0.4) is 0 Å². The average Bonchev–Trinajstić information content (AvgIpc) is 3.42. The molecule has 0 saturated heterocycles. The summed E-state index contributed by atoms with van der Waals surface area (Å²) in [5, 5.41) is 0.837. The summed E-state index contributed by atoms with van der Waals surface area (Å²) in [4.78, 5) is 4.84. The van der Waals surface area contributed by atoms with Crippen LogP contribution >= 0.6 is 11.8 Å². The van der Waals surface area contributed by atoms with Crippen molar-refractivity contribution in [2.24, 2.45) is 0 Å². The maximum Gasteiger partial charge on any atom is 0.243 e. The van der Waals surface area contributed by atoms with Gasteiger partial charge in [-0.15, -0.1) is 0 Å². The Morgan fingerprint density at radius 2 is 1.36 bits per heavy atom. The molecular weight excluding hydrogens is 526 g/mol. The van der Waals surface area contributed by atoms with Crippen LogP contribution in [0, 0.1) is 0 Å². The molecule has 0 fully saturated rings. The number of sulfonamides is 1. The van der Waals surface area contributed by atoms with Crippen molar-refractivity contribution in [3.63, 3.8) is 0 Å². The topological polar surface area (TPSA) is 64.4 Å². The summed E-state index contributed by atoms with van der Waals surface area (Å²) in [6.45, 7) is 0.558. The third kappa shape index (κ3) is 5.93. The van der Waals surface area contributed by atoms with Crippen LogP contribution in [0.15, 0.2) is 125 Å². The van der Waals surface area contributed by atoms with Gasteiger partial charge in [0, 0.05) is 24.3 Å². The van der Waals surface area contributed by atoms with Gasteiger partial charge in [-0.2, -0.15) is 4.31 Å². The van der Waals surface area contributed by atoms with Crippen molar-refractivity contribution < 1.29 is 13.2 Å². The first-order chi connectivity index (χ1) is 19.0. The quantitative estimate of drug-likeness (QED) is 0.180. The van der Waals surface area contributed by atoms with Crippen LogP contribution < -0.4 is 4.74 Å². The van der Waals surface area contributed by atoms with Crippen molar-refractivity contribution in [2.75, 3.05) is 13.4 Å². The number of nitrogens with zero attached hydrogens (tertiary/aromatic N) is 3. The highest BCUT2D eigenvalue weighted by molar-refractivity contribution is 7.98. The molecule has 1 aromatic heterocycles. The summed E-state index contributed by atoms with van der Waals surface area (Å²) in [5.41, 5.74) is 4.55. The first-order valence-corrected chi connectivity index (χ1v) is 15.1. The highest BCUT2D eigenvalue weighted by atomic mass is 32.2. The van der Waals surface area contributed by atoms with E-state index in [9.17, 15) is 8.42 Å². The normalized spacial score (nSPS) is 11.6. The van der Waals surface area contributed by atoms with Crippen LogP contribution in [-0.2, 0) is 23.1 Å². The van der Waals surface area contributed by atoms with Gasteiger partial charge in [0.15, 0.2) is 5.16 Å². The fourth-order valence-corrected chi connectivity index (χ4v) is 6.37. The van der Waals surface area contributed by atoms with Crippen LogP contribution in [0.1, 0.15) is 11.1 Å². The SMILES string of the molecule is COc1ccc(-n2c(-c3ccc(S(=O)(=O)N(Cc4ccccc4)Cc4ccccc4)cc3)cnc2SC)cc1. The number of hydrogen-bond donors (Lipinski definition) is 0. The van der Waals surface area contributed by atoms with E-state index in [1.165, 1.54) is 4.31 Å². The van der Waals surface area contributed by atoms with Gasteiger partial charge in [0.2, 0.25) is 10.0 Å². The zero-order chi connectivity index (χ0) is 27.2. The van der Waals surface area contributed by atoms with Crippen LogP contribution in [0.2, 0.25) is 0 Å². The second kappa shape index (κ2) is 11.9. The molecule has 0 bridgehead atoms. The standard InChI is InChI=1S/C31H29N3O3S2/c1-37-28-17-15-27(16-18-28)34-30(21-32-31(34)38-2)26-13-19-29(20-14-26)39(35,36)33(22-24-9-5-3-6-10-24)23-25-11-7-4-8-12-25/h3-21H,22-23H2,1-2H3. The summed E-state index contributed by atoms with van der Waals surface area (Å²) in [7, 11) is -2.13. The summed E-state index contributed by atoms with van der Waals surface area (Å²) in [6.07, 6.45) is 3.80. The van der Waals surface area contributed by atoms with Gasteiger partial charge in [-0.05, 0) is 53.8 Å². The van der Waals surface area contributed by atoms with E-state index in [-0.39, 0.29) is 18.0 Å². The molecule has 4 aromatic carbocycles. The van der Waals surface area contributed by atoms with Gasteiger partial charge < -0.3 is 4.74 Å². The van der Waals surface area contributed by atoms with E-state index in [0.29, 0.717) is 0 Å². The molecule has 0 amide bonds. The molecular formula is C31H29N3O3S2. The Morgan fingerprint density at radius 1 is 0.795 bits per heavy atom. The Hall–Kier alpha value is -3.85. The minimum Gasteiger partial charge on any atom is -0.497 e. The lowest BCUT2D eigenvalue weighted by Crippen LogP contribution is -2.30. The lowest BCUT2D eigenvalue weighted by atomic mass is 10.1. The Bertz CT molecular complexity index is 1580. The first kappa shape index (κ1) is 26.7. The second-order valence-electron chi connectivity index (χ2n) is 8.93. The number of ether oxygens (including phenoxy) is 1. The summed E-state index contributed by atoms with van der Waals surface area (Å²) in [6, 6.07) is 34.2. The second-order valence-corrected chi connectivity index (χ2v) is 11.6. The smallest absolute Gasteiger partial charge is 0.243 e. The van der Waals surface area contributed by atoms with Gasteiger partial charge >= 0.3 is 0 Å². The van der Waals surface area contributed by atoms with Crippen molar-refractivity contribution in [1.29, 1.82) is 0 Å². The van der Waals surface area contributed by atoms with Crippen LogP contribution in [0.4, 0.5) is 0 Å². The summed E-state index contributed by atoms with van der Waals surface area (Å²) in [5.74, 6) is 0.774. The number of imidazole rings is 1. The van der Waals surface area contributed by atoms with Crippen molar-refractivity contribution >= 4 is 21.8 Å². The van der Waals surface area contributed by atoms with Crippen LogP contribution in [0.25, 0.3) is 16.9 Å². The molecule has 8 heteroatoms. The van der Waals surface area contributed by atoms with E-state index < -0.39 is 10.0 Å². The molecule has 6 nitrogen and oxygen atoms in total. The Labute approximate surface area is 234 Å². The predicted octanol–water partition coefficient (Wildman–Crippen LogP) is 6.66. The van der Waals surface area contributed by atoms with E-state index in [4.69, 9.17) is 4.74 Å². The lowest BCUT2D eigenvalue weighted by molar-refractivity contribution is 0.401. The number of methoxy groups -OCH3 is 1. The van der Waals surface area contributed by atoms with E-state index in [1.807, 2.05) is 110 Å². The molecule has 0 N–H and O–H groups in total. The van der Waals surface area contributed by atoms with Gasteiger partial charge in [0.05, 0.1) is 23.9 Å². The van der Waals surface area contributed by atoms with Gasteiger partial charge in [0.1, 0.15) is 5.75 Å². The molecule has 0 aliphatic carbocycles.